The van der Waals surface area contributed by atoms with Crippen molar-refractivity contribution in [1.82, 2.24) is 29.4 Å². The fourth-order valence-corrected chi connectivity index (χ4v) is 5.10. The van der Waals surface area contributed by atoms with Crippen molar-refractivity contribution in [3.05, 3.63) is 41.6 Å². The second-order valence-corrected chi connectivity index (χ2v) is 11.2. The van der Waals surface area contributed by atoms with Crippen molar-refractivity contribution in [2.45, 2.75) is 72.4 Å². The van der Waals surface area contributed by atoms with Crippen LogP contribution in [0.15, 0.2) is 24.5 Å². The van der Waals surface area contributed by atoms with Crippen LogP contribution in [-0.4, -0.2) is 67.3 Å². The lowest BCUT2D eigenvalue weighted by atomic mass is 9.97. The van der Waals surface area contributed by atoms with Gasteiger partial charge in [0.1, 0.15) is 17.2 Å². The topological polar surface area (TPSA) is 101 Å². The average Bonchev–Trinajstić information content (AvgIpc) is 3.28. The molecule has 2 aliphatic rings. The van der Waals surface area contributed by atoms with Crippen molar-refractivity contribution in [2.75, 3.05) is 36.4 Å². The molecule has 0 unspecified atom stereocenters. The standard InChI is InChI=1S/C28H38N8O2/c1-7-23-31-21-10-8-19-16-30-26(33-24(19)25(21)36(23)18(2)3)32-22-11-9-20(17-29-22)34-12-14-35(15-13-34)27(37)38-28(4,5)6/h9,11,16-18H,7-8,10,12-15H2,1-6H3,(H,29,30,32,33). The van der Waals surface area contributed by atoms with Crippen LogP contribution in [0.4, 0.5) is 22.2 Å². The SMILES string of the molecule is CCc1nc2c(n1C(C)C)-c1nc(Nc3ccc(N4CCN(C(=O)OC(C)(C)C)CC4)cn3)ncc1CC2. The molecule has 10 heteroatoms. The van der Waals surface area contributed by atoms with Gasteiger partial charge in [0.2, 0.25) is 5.95 Å². The number of nitrogens with one attached hydrogen (secondary N) is 1. The first kappa shape index (κ1) is 25.9. The molecule has 4 heterocycles. The number of rotatable bonds is 5. The Balaban J connectivity index is 1.27. The highest BCUT2D eigenvalue weighted by Gasteiger charge is 2.28. The largest absolute Gasteiger partial charge is 0.444 e. The van der Waals surface area contributed by atoms with Crippen molar-refractivity contribution in [1.29, 1.82) is 0 Å². The van der Waals surface area contributed by atoms with Crippen molar-refractivity contribution in [3.63, 3.8) is 0 Å². The summed E-state index contributed by atoms with van der Waals surface area (Å²) < 4.78 is 7.82. The van der Waals surface area contributed by atoms with E-state index < -0.39 is 5.60 Å². The first-order valence-electron chi connectivity index (χ1n) is 13.5. The quantitative estimate of drug-likeness (QED) is 0.515. The van der Waals surface area contributed by atoms with Gasteiger partial charge in [-0.3, -0.25) is 0 Å². The van der Waals surface area contributed by atoms with Gasteiger partial charge >= 0.3 is 6.09 Å². The van der Waals surface area contributed by atoms with Crippen molar-refractivity contribution >= 4 is 23.5 Å². The molecule has 1 N–H and O–H groups in total. The van der Waals surface area contributed by atoms with E-state index in [0.29, 0.717) is 30.9 Å². The summed E-state index contributed by atoms with van der Waals surface area (Å²) in [6, 6.07) is 4.28. The van der Waals surface area contributed by atoms with Crippen LogP contribution in [-0.2, 0) is 24.0 Å². The normalized spacial score (nSPS) is 15.3. The van der Waals surface area contributed by atoms with Crippen LogP contribution in [0, 0.1) is 0 Å². The van der Waals surface area contributed by atoms with Crippen LogP contribution in [0.25, 0.3) is 11.4 Å². The average molecular weight is 519 g/mol. The third-order valence-corrected chi connectivity index (χ3v) is 6.89. The minimum absolute atomic E-state index is 0.255. The lowest BCUT2D eigenvalue weighted by Crippen LogP contribution is -2.50. The van der Waals surface area contributed by atoms with Crippen LogP contribution < -0.4 is 10.2 Å². The van der Waals surface area contributed by atoms with E-state index in [1.807, 2.05) is 45.3 Å². The third kappa shape index (κ3) is 5.30. The molecule has 0 spiro atoms. The number of aryl methyl sites for hydroxylation is 3. The number of carbonyl (C=O) groups is 1. The first-order valence-corrected chi connectivity index (χ1v) is 13.5. The minimum atomic E-state index is -0.487. The highest BCUT2D eigenvalue weighted by molar-refractivity contribution is 5.69. The number of piperazine rings is 1. The summed E-state index contributed by atoms with van der Waals surface area (Å²) in [7, 11) is 0. The van der Waals surface area contributed by atoms with Gasteiger partial charge in [-0.25, -0.2) is 24.7 Å². The van der Waals surface area contributed by atoms with E-state index in [1.165, 1.54) is 0 Å². The Bertz CT molecular complexity index is 1300. The predicted molar refractivity (Wildman–Crippen MR) is 148 cm³/mol. The number of nitrogens with zero attached hydrogens (tertiary/aromatic N) is 7. The Labute approximate surface area is 224 Å². The number of carbonyl (C=O) groups excluding carboxylic acids is 1. The highest BCUT2D eigenvalue weighted by atomic mass is 16.6. The maximum absolute atomic E-state index is 12.3. The molecule has 1 saturated heterocycles. The maximum atomic E-state index is 12.3. The fraction of sp³-hybridized carbons (Fsp3) is 0.536. The fourth-order valence-electron chi connectivity index (χ4n) is 5.10. The van der Waals surface area contributed by atoms with Gasteiger partial charge in [0.15, 0.2) is 0 Å². The molecule has 3 aromatic rings. The molecule has 0 radical (unpaired) electrons. The summed E-state index contributed by atoms with van der Waals surface area (Å²) in [5, 5.41) is 3.28. The zero-order valence-electron chi connectivity index (χ0n) is 23.3. The van der Waals surface area contributed by atoms with Gasteiger partial charge in [0.05, 0.1) is 29.0 Å². The van der Waals surface area contributed by atoms with Gasteiger partial charge < -0.3 is 24.4 Å². The molecule has 0 bridgehead atoms. The lowest BCUT2D eigenvalue weighted by Gasteiger charge is -2.36. The molecule has 1 aliphatic heterocycles. The zero-order chi connectivity index (χ0) is 27.0. The van der Waals surface area contributed by atoms with Crippen LogP contribution in [0.5, 0.6) is 0 Å². The number of amides is 1. The molecule has 0 aromatic carbocycles. The van der Waals surface area contributed by atoms with Crippen molar-refractivity contribution in [3.8, 4) is 11.4 Å². The van der Waals surface area contributed by atoms with E-state index in [0.717, 1.165) is 66.5 Å². The Morgan fingerprint density at radius 2 is 1.82 bits per heavy atom. The second kappa shape index (κ2) is 10.2. The molecule has 1 aliphatic carbocycles. The molecular weight excluding hydrogens is 480 g/mol. The molecule has 10 nitrogen and oxygen atoms in total. The minimum Gasteiger partial charge on any atom is -0.444 e. The summed E-state index contributed by atoms with van der Waals surface area (Å²) >= 11 is 0. The number of fused-ring (bicyclic) bond motifs is 3. The van der Waals surface area contributed by atoms with Gasteiger partial charge in [-0.05, 0) is 65.2 Å². The van der Waals surface area contributed by atoms with E-state index in [9.17, 15) is 4.79 Å². The number of ether oxygens (including phenoxy) is 1. The Hall–Kier alpha value is -3.69. The van der Waals surface area contributed by atoms with Crippen LogP contribution in [0.1, 0.15) is 64.7 Å². The molecule has 3 aromatic heterocycles. The van der Waals surface area contributed by atoms with Crippen molar-refractivity contribution < 1.29 is 9.53 Å². The molecule has 0 saturated carbocycles. The smallest absolute Gasteiger partial charge is 0.410 e. The van der Waals surface area contributed by atoms with Crippen LogP contribution in [0.3, 0.4) is 0 Å². The van der Waals surface area contributed by atoms with Gasteiger partial charge in [-0.2, -0.15) is 0 Å². The van der Waals surface area contributed by atoms with E-state index in [-0.39, 0.29) is 6.09 Å². The van der Waals surface area contributed by atoms with Crippen molar-refractivity contribution in [2.24, 2.45) is 0 Å². The van der Waals surface area contributed by atoms with Gasteiger partial charge in [0, 0.05) is 44.8 Å². The van der Waals surface area contributed by atoms with Gasteiger partial charge in [-0.1, -0.05) is 6.92 Å². The molecule has 1 amide bonds. The predicted octanol–water partition coefficient (Wildman–Crippen LogP) is 4.78. The number of imidazole rings is 1. The monoisotopic (exact) mass is 518 g/mol. The maximum Gasteiger partial charge on any atom is 0.410 e. The molecule has 5 rings (SSSR count). The first-order chi connectivity index (χ1) is 18.1. The van der Waals surface area contributed by atoms with Crippen LogP contribution >= 0.6 is 0 Å². The number of anilines is 3. The van der Waals surface area contributed by atoms with E-state index >= 15 is 0 Å². The van der Waals surface area contributed by atoms with Gasteiger partial charge in [-0.15, -0.1) is 0 Å². The van der Waals surface area contributed by atoms with E-state index in [4.69, 9.17) is 14.7 Å². The number of hydrogen-bond donors (Lipinski definition) is 1. The van der Waals surface area contributed by atoms with E-state index in [2.05, 4.69) is 45.5 Å². The third-order valence-electron chi connectivity index (χ3n) is 6.89. The van der Waals surface area contributed by atoms with E-state index in [1.54, 1.807) is 4.90 Å². The zero-order valence-corrected chi connectivity index (χ0v) is 23.3. The summed E-state index contributed by atoms with van der Waals surface area (Å²) in [5.41, 5.74) is 4.90. The number of pyridine rings is 1. The Morgan fingerprint density at radius 1 is 1.05 bits per heavy atom. The number of hydrogen-bond acceptors (Lipinski definition) is 8. The summed E-state index contributed by atoms with van der Waals surface area (Å²) in [4.78, 5) is 35.4. The second-order valence-electron chi connectivity index (χ2n) is 11.2. The number of aromatic nitrogens is 5. The molecule has 38 heavy (non-hydrogen) atoms. The lowest BCUT2D eigenvalue weighted by molar-refractivity contribution is 0.0240. The molecular formula is C28H38N8O2. The Kier molecular flexibility index (Phi) is 6.98. The molecule has 1 fully saturated rings. The summed E-state index contributed by atoms with van der Waals surface area (Å²) in [5.74, 6) is 2.32. The Morgan fingerprint density at radius 3 is 2.45 bits per heavy atom. The highest BCUT2D eigenvalue weighted by Crippen LogP contribution is 2.35. The molecule has 202 valence electrons. The summed E-state index contributed by atoms with van der Waals surface area (Å²) in [6.07, 6.45) is 6.23. The molecule has 0 atom stereocenters. The van der Waals surface area contributed by atoms with Crippen LogP contribution in [0.2, 0.25) is 0 Å². The summed E-state index contributed by atoms with van der Waals surface area (Å²) in [6.45, 7) is 14.9. The van der Waals surface area contributed by atoms with Gasteiger partial charge in [0.25, 0.3) is 0 Å².